The highest BCUT2D eigenvalue weighted by atomic mass is 32.2. The van der Waals surface area contributed by atoms with Crippen molar-refractivity contribution in [1.29, 1.82) is 0 Å². The van der Waals surface area contributed by atoms with Crippen LogP contribution in [-0.4, -0.2) is 33.1 Å². The molecule has 176 valence electrons. The minimum absolute atomic E-state index is 0.0686. The Kier molecular flexibility index (Phi) is 6.61. The second-order valence-electron chi connectivity index (χ2n) is 8.00. The summed E-state index contributed by atoms with van der Waals surface area (Å²) >= 11 is 0. The van der Waals surface area contributed by atoms with Crippen LogP contribution in [0.1, 0.15) is 11.1 Å². The first kappa shape index (κ1) is 23.4. The lowest BCUT2D eigenvalue weighted by Gasteiger charge is -2.12. The van der Waals surface area contributed by atoms with Gasteiger partial charge in [-0.3, -0.25) is 4.79 Å². The van der Waals surface area contributed by atoms with E-state index in [-0.39, 0.29) is 23.1 Å². The molecule has 0 aliphatic heterocycles. The lowest BCUT2D eigenvalue weighted by molar-refractivity contribution is -0.116. The van der Waals surface area contributed by atoms with E-state index in [1.807, 2.05) is 31.2 Å². The van der Waals surface area contributed by atoms with Crippen LogP contribution >= 0.6 is 0 Å². The molecule has 34 heavy (non-hydrogen) atoms. The van der Waals surface area contributed by atoms with Gasteiger partial charge in [-0.15, -0.1) is 0 Å². The van der Waals surface area contributed by atoms with Gasteiger partial charge in [0.1, 0.15) is 18.0 Å². The normalized spacial score (nSPS) is 11.4. The summed E-state index contributed by atoms with van der Waals surface area (Å²) in [6.07, 6.45) is 1.54. The fourth-order valence-electron chi connectivity index (χ4n) is 3.95. The third kappa shape index (κ3) is 4.92. The highest BCUT2D eigenvalue weighted by molar-refractivity contribution is 7.90. The second kappa shape index (κ2) is 9.61. The summed E-state index contributed by atoms with van der Waals surface area (Å²) in [7, 11) is -0.583. The minimum Gasteiger partial charge on any atom is -0.497 e. The van der Waals surface area contributed by atoms with Crippen molar-refractivity contribution >= 4 is 32.3 Å². The molecule has 0 spiro atoms. The first-order valence-electron chi connectivity index (χ1n) is 10.7. The quantitative estimate of drug-likeness (QED) is 0.401. The van der Waals surface area contributed by atoms with Gasteiger partial charge in [0.15, 0.2) is 9.84 Å². The smallest absolute Gasteiger partial charge is 0.244 e. The Morgan fingerprint density at radius 3 is 2.50 bits per heavy atom. The van der Waals surface area contributed by atoms with E-state index in [9.17, 15) is 13.2 Å². The predicted molar refractivity (Wildman–Crippen MR) is 132 cm³/mol. The second-order valence-corrected chi connectivity index (χ2v) is 9.96. The molecule has 0 aliphatic carbocycles. The molecule has 7 nitrogen and oxygen atoms in total. The number of sulfone groups is 1. The maximum atomic E-state index is 13.3. The van der Waals surface area contributed by atoms with Crippen LogP contribution in [0.4, 0.5) is 5.69 Å². The Morgan fingerprint density at radius 2 is 1.76 bits per heavy atom. The minimum atomic E-state index is -3.64. The van der Waals surface area contributed by atoms with E-state index in [2.05, 4.69) is 5.32 Å². The van der Waals surface area contributed by atoms with Crippen LogP contribution in [0.25, 0.3) is 10.9 Å². The first-order valence-corrected chi connectivity index (χ1v) is 12.3. The van der Waals surface area contributed by atoms with Crippen molar-refractivity contribution in [2.45, 2.75) is 24.1 Å². The average molecular weight is 479 g/mol. The third-order valence-corrected chi connectivity index (χ3v) is 7.23. The van der Waals surface area contributed by atoms with Gasteiger partial charge in [0.2, 0.25) is 5.91 Å². The largest absolute Gasteiger partial charge is 0.497 e. The molecule has 4 aromatic rings. The molecule has 0 atom stereocenters. The van der Waals surface area contributed by atoms with Gasteiger partial charge in [-0.25, -0.2) is 8.42 Å². The molecule has 1 aromatic heterocycles. The van der Waals surface area contributed by atoms with Crippen LogP contribution in [-0.2, 0) is 26.9 Å². The zero-order valence-corrected chi connectivity index (χ0v) is 20.1. The van der Waals surface area contributed by atoms with Crippen LogP contribution in [0.2, 0.25) is 0 Å². The van der Waals surface area contributed by atoms with Crippen molar-refractivity contribution in [2.75, 3.05) is 19.5 Å². The number of nitrogens with zero attached hydrogens (tertiary/aromatic N) is 1. The van der Waals surface area contributed by atoms with Gasteiger partial charge in [-0.1, -0.05) is 48.0 Å². The molecule has 0 fully saturated rings. The number of aromatic nitrogens is 1. The number of hydrogen-bond donors (Lipinski definition) is 1. The fraction of sp³-hybridized carbons (Fsp3) is 0.192. The van der Waals surface area contributed by atoms with Gasteiger partial charge in [-0.05, 0) is 30.7 Å². The summed E-state index contributed by atoms with van der Waals surface area (Å²) in [6, 6.07) is 19.7. The molecule has 0 saturated heterocycles. The maximum absolute atomic E-state index is 13.3. The van der Waals surface area contributed by atoms with Crippen molar-refractivity contribution in [3.8, 4) is 11.5 Å². The number of carbonyl (C=O) groups is 1. The molecule has 0 aliphatic rings. The maximum Gasteiger partial charge on any atom is 0.244 e. The van der Waals surface area contributed by atoms with E-state index < -0.39 is 9.84 Å². The Bertz CT molecular complexity index is 1460. The van der Waals surface area contributed by atoms with Gasteiger partial charge >= 0.3 is 0 Å². The number of para-hydroxylation sites is 1. The highest BCUT2D eigenvalue weighted by Crippen LogP contribution is 2.30. The lowest BCUT2D eigenvalue weighted by atomic mass is 10.2. The highest BCUT2D eigenvalue weighted by Gasteiger charge is 2.22. The lowest BCUT2D eigenvalue weighted by Crippen LogP contribution is -2.18. The van der Waals surface area contributed by atoms with Gasteiger partial charge in [-0.2, -0.15) is 0 Å². The van der Waals surface area contributed by atoms with Crippen LogP contribution < -0.4 is 14.8 Å². The molecule has 1 N–H and O–H groups in total. The molecular formula is C26H26N2O5S. The molecule has 1 heterocycles. The Hall–Kier alpha value is -3.78. The first-order chi connectivity index (χ1) is 16.3. The van der Waals surface area contributed by atoms with Crippen molar-refractivity contribution in [3.63, 3.8) is 0 Å². The monoisotopic (exact) mass is 478 g/mol. The van der Waals surface area contributed by atoms with E-state index in [1.54, 1.807) is 47.0 Å². The van der Waals surface area contributed by atoms with Gasteiger partial charge in [0.05, 0.1) is 30.6 Å². The summed E-state index contributed by atoms with van der Waals surface area (Å²) in [5, 5.41) is 3.41. The number of hydrogen-bond acceptors (Lipinski definition) is 5. The van der Waals surface area contributed by atoms with E-state index in [0.717, 1.165) is 11.1 Å². The number of amides is 1. The van der Waals surface area contributed by atoms with Crippen LogP contribution in [0, 0.1) is 6.92 Å². The van der Waals surface area contributed by atoms with Crippen molar-refractivity contribution in [2.24, 2.45) is 0 Å². The molecule has 0 radical (unpaired) electrons. The third-order valence-electron chi connectivity index (χ3n) is 5.52. The van der Waals surface area contributed by atoms with Gasteiger partial charge in [0.25, 0.3) is 0 Å². The summed E-state index contributed by atoms with van der Waals surface area (Å²) in [6.45, 7) is 1.86. The van der Waals surface area contributed by atoms with Gasteiger partial charge < -0.3 is 19.4 Å². The molecule has 4 rings (SSSR count). The number of rotatable bonds is 8. The molecule has 0 saturated carbocycles. The molecule has 8 heteroatoms. The fourth-order valence-corrected chi connectivity index (χ4v) is 5.52. The number of carbonyl (C=O) groups excluding carboxylic acids is 1. The number of anilines is 1. The predicted octanol–water partition coefficient (Wildman–Crippen LogP) is 4.58. The molecular weight excluding hydrogens is 452 g/mol. The average Bonchev–Trinajstić information content (AvgIpc) is 3.18. The van der Waals surface area contributed by atoms with Crippen LogP contribution in [0.3, 0.4) is 0 Å². The van der Waals surface area contributed by atoms with Crippen LogP contribution in [0.15, 0.2) is 77.8 Å². The van der Waals surface area contributed by atoms with Gasteiger partial charge in [0, 0.05) is 23.2 Å². The number of fused-ring (bicyclic) bond motifs is 1. The number of aryl methyl sites for hydroxylation is 1. The Morgan fingerprint density at radius 1 is 0.971 bits per heavy atom. The molecule has 0 bridgehead atoms. The van der Waals surface area contributed by atoms with Crippen molar-refractivity contribution < 1.29 is 22.7 Å². The summed E-state index contributed by atoms with van der Waals surface area (Å²) in [4.78, 5) is 13.1. The summed E-state index contributed by atoms with van der Waals surface area (Å²) < 4.78 is 38.9. The number of benzene rings is 3. The topological polar surface area (TPSA) is 86.6 Å². The van der Waals surface area contributed by atoms with E-state index in [0.29, 0.717) is 28.1 Å². The van der Waals surface area contributed by atoms with E-state index >= 15 is 0 Å². The summed E-state index contributed by atoms with van der Waals surface area (Å²) in [5.74, 6) is 0.630. The van der Waals surface area contributed by atoms with Crippen molar-refractivity contribution in [1.82, 2.24) is 4.57 Å². The van der Waals surface area contributed by atoms with E-state index in [4.69, 9.17) is 9.47 Å². The van der Waals surface area contributed by atoms with Crippen molar-refractivity contribution in [3.05, 3.63) is 84.1 Å². The molecule has 0 unspecified atom stereocenters. The standard InChI is InChI=1S/C26H26N2O5S/c1-18-7-6-8-19(13-18)17-34(30,31)25-15-28(23-10-5-4-9-21(23)25)16-26(29)27-22-14-20(32-2)11-12-24(22)33-3/h4-15H,16-17H2,1-3H3,(H,27,29). The zero-order chi connectivity index (χ0) is 24.3. The van der Waals surface area contributed by atoms with Crippen LogP contribution in [0.5, 0.6) is 11.5 Å². The zero-order valence-electron chi connectivity index (χ0n) is 19.2. The number of methoxy groups -OCH3 is 2. The Labute approximate surface area is 198 Å². The molecule has 1 amide bonds. The number of ether oxygens (including phenoxy) is 2. The summed E-state index contributed by atoms with van der Waals surface area (Å²) in [5.41, 5.74) is 2.85. The Balaban J connectivity index is 1.64. The SMILES string of the molecule is COc1ccc(OC)c(NC(=O)Cn2cc(S(=O)(=O)Cc3cccc(C)c3)c3ccccc32)c1. The molecule has 3 aromatic carbocycles. The number of nitrogens with one attached hydrogen (secondary N) is 1. The van der Waals surface area contributed by atoms with E-state index in [1.165, 1.54) is 20.4 Å².